The minimum atomic E-state index is -0.0787. The molecule has 1 saturated heterocycles. The molecular formula is C27H34N4O4. The van der Waals surface area contributed by atoms with Crippen molar-refractivity contribution in [3.63, 3.8) is 0 Å². The van der Waals surface area contributed by atoms with Crippen LogP contribution in [0.3, 0.4) is 0 Å². The second kappa shape index (κ2) is 10.8. The molecular weight excluding hydrogens is 444 g/mol. The summed E-state index contributed by atoms with van der Waals surface area (Å²) in [6, 6.07) is 13.1. The van der Waals surface area contributed by atoms with Crippen molar-refractivity contribution in [1.82, 2.24) is 14.5 Å². The molecule has 0 bridgehead atoms. The Kier molecular flexibility index (Phi) is 7.58. The number of benzene rings is 2. The Hall–Kier alpha value is -3.55. The number of fused-ring (bicyclic) bond motifs is 1. The fourth-order valence-corrected chi connectivity index (χ4v) is 4.42. The van der Waals surface area contributed by atoms with Gasteiger partial charge in [0, 0.05) is 38.3 Å². The van der Waals surface area contributed by atoms with Gasteiger partial charge in [0.1, 0.15) is 0 Å². The van der Waals surface area contributed by atoms with E-state index < -0.39 is 0 Å². The summed E-state index contributed by atoms with van der Waals surface area (Å²) in [7, 11) is 0. The van der Waals surface area contributed by atoms with Gasteiger partial charge in [0.15, 0.2) is 17.3 Å². The van der Waals surface area contributed by atoms with E-state index in [1.165, 1.54) is 0 Å². The Morgan fingerprint density at radius 2 is 1.66 bits per heavy atom. The number of anilines is 1. The smallest absolute Gasteiger partial charge is 0.294 e. The van der Waals surface area contributed by atoms with Crippen LogP contribution in [-0.4, -0.2) is 59.8 Å². The Morgan fingerprint density at radius 3 is 2.34 bits per heavy atom. The van der Waals surface area contributed by atoms with Crippen molar-refractivity contribution in [2.75, 3.05) is 44.3 Å². The molecule has 0 saturated carbocycles. The van der Waals surface area contributed by atoms with Crippen molar-refractivity contribution in [2.45, 2.75) is 34.2 Å². The number of aromatic nitrogens is 2. The Bertz CT molecular complexity index is 1250. The molecule has 2 aromatic carbocycles. The highest BCUT2D eigenvalue weighted by Gasteiger charge is 2.26. The van der Waals surface area contributed by atoms with Crippen molar-refractivity contribution >= 4 is 22.8 Å². The molecule has 2 heterocycles. The predicted octanol–water partition coefficient (Wildman–Crippen LogP) is 3.81. The van der Waals surface area contributed by atoms with Crippen LogP contribution in [0.5, 0.6) is 11.5 Å². The van der Waals surface area contributed by atoms with Gasteiger partial charge in [0.2, 0.25) is 0 Å². The molecule has 8 heteroatoms. The van der Waals surface area contributed by atoms with Crippen LogP contribution in [0.25, 0.3) is 11.0 Å². The van der Waals surface area contributed by atoms with Gasteiger partial charge in [-0.25, -0.2) is 4.98 Å². The number of hydrogen-bond donors (Lipinski definition) is 0. The van der Waals surface area contributed by atoms with Gasteiger partial charge in [-0.1, -0.05) is 26.0 Å². The molecule has 0 N–H and O–H groups in total. The highest BCUT2D eigenvalue weighted by molar-refractivity contribution is 5.95. The zero-order valence-electron chi connectivity index (χ0n) is 21.0. The molecule has 8 nitrogen and oxygen atoms in total. The number of piperazine rings is 1. The first kappa shape index (κ1) is 24.6. The van der Waals surface area contributed by atoms with Gasteiger partial charge in [-0.3, -0.25) is 9.59 Å². The molecule has 1 aromatic heterocycles. The number of ether oxygens (including phenoxy) is 2. The summed E-state index contributed by atoms with van der Waals surface area (Å²) < 4.78 is 13.1. The standard InChI is InChI=1S/C27H34N4O4/c1-5-34-23-12-11-20(17-24(23)35-6-2)26(32)30-15-13-29(14-16-30)25-27(33)31(18-19(3)4)22-10-8-7-9-21(22)28-25/h7-12,17,19H,5-6,13-16,18H2,1-4H3. The lowest BCUT2D eigenvalue weighted by atomic mass is 10.1. The third-order valence-corrected chi connectivity index (χ3v) is 6.04. The van der Waals surface area contributed by atoms with Gasteiger partial charge in [-0.2, -0.15) is 0 Å². The van der Waals surface area contributed by atoms with Crippen molar-refractivity contribution in [3.8, 4) is 11.5 Å². The maximum Gasteiger partial charge on any atom is 0.294 e. The van der Waals surface area contributed by atoms with E-state index in [9.17, 15) is 9.59 Å². The zero-order valence-corrected chi connectivity index (χ0v) is 21.0. The van der Waals surface area contributed by atoms with Gasteiger partial charge in [0.05, 0.1) is 24.2 Å². The summed E-state index contributed by atoms with van der Waals surface area (Å²) in [5.74, 6) is 1.94. The van der Waals surface area contributed by atoms with E-state index in [0.717, 1.165) is 11.0 Å². The van der Waals surface area contributed by atoms with Crippen LogP contribution in [0.1, 0.15) is 38.1 Å². The molecule has 1 aliphatic heterocycles. The summed E-state index contributed by atoms with van der Waals surface area (Å²) >= 11 is 0. The lowest BCUT2D eigenvalue weighted by molar-refractivity contribution is 0.0746. The van der Waals surface area contributed by atoms with E-state index in [0.29, 0.717) is 74.7 Å². The zero-order chi connectivity index (χ0) is 24.9. The largest absolute Gasteiger partial charge is 0.490 e. The van der Waals surface area contributed by atoms with Crippen LogP contribution >= 0.6 is 0 Å². The van der Waals surface area contributed by atoms with Crippen molar-refractivity contribution in [1.29, 1.82) is 0 Å². The van der Waals surface area contributed by atoms with Crippen LogP contribution in [0.2, 0.25) is 0 Å². The molecule has 0 spiro atoms. The fraction of sp³-hybridized carbons (Fsp3) is 0.444. The van der Waals surface area contributed by atoms with Gasteiger partial charge in [-0.05, 0) is 50.1 Å². The molecule has 3 aromatic rings. The van der Waals surface area contributed by atoms with E-state index in [2.05, 4.69) is 13.8 Å². The van der Waals surface area contributed by atoms with Crippen LogP contribution < -0.4 is 19.9 Å². The van der Waals surface area contributed by atoms with Crippen LogP contribution in [0.15, 0.2) is 47.3 Å². The molecule has 0 unspecified atom stereocenters. The SMILES string of the molecule is CCOc1ccc(C(=O)N2CCN(c3nc4ccccc4n(CC(C)C)c3=O)CC2)cc1OCC. The molecule has 0 atom stereocenters. The van der Waals surface area contributed by atoms with Crippen LogP contribution in [-0.2, 0) is 6.54 Å². The number of carbonyl (C=O) groups is 1. The monoisotopic (exact) mass is 478 g/mol. The molecule has 1 amide bonds. The minimum absolute atomic E-state index is 0.0580. The Morgan fingerprint density at radius 1 is 0.971 bits per heavy atom. The van der Waals surface area contributed by atoms with Crippen molar-refractivity contribution in [3.05, 3.63) is 58.4 Å². The second-order valence-corrected chi connectivity index (χ2v) is 9.04. The average molecular weight is 479 g/mol. The topological polar surface area (TPSA) is 76.9 Å². The number of amides is 1. The second-order valence-electron chi connectivity index (χ2n) is 9.04. The molecule has 4 rings (SSSR count). The average Bonchev–Trinajstić information content (AvgIpc) is 2.86. The normalized spacial score (nSPS) is 14.0. The van der Waals surface area contributed by atoms with E-state index in [1.807, 2.05) is 52.5 Å². The first-order valence-electron chi connectivity index (χ1n) is 12.4. The minimum Gasteiger partial charge on any atom is -0.490 e. The van der Waals surface area contributed by atoms with E-state index in [-0.39, 0.29) is 11.5 Å². The summed E-state index contributed by atoms with van der Waals surface area (Å²) in [6.45, 7) is 11.8. The van der Waals surface area contributed by atoms with Gasteiger partial charge < -0.3 is 23.8 Å². The summed E-state index contributed by atoms with van der Waals surface area (Å²) in [5, 5.41) is 0. The summed E-state index contributed by atoms with van der Waals surface area (Å²) in [4.78, 5) is 35.1. The third-order valence-electron chi connectivity index (χ3n) is 6.04. The quantitative estimate of drug-likeness (QED) is 0.490. The lowest BCUT2D eigenvalue weighted by Gasteiger charge is -2.35. The summed E-state index contributed by atoms with van der Waals surface area (Å²) in [5.41, 5.74) is 2.14. The third kappa shape index (κ3) is 5.26. The number of carbonyl (C=O) groups excluding carboxylic acids is 1. The van der Waals surface area contributed by atoms with Crippen molar-refractivity contribution in [2.24, 2.45) is 5.92 Å². The molecule has 0 aliphatic carbocycles. The number of para-hydroxylation sites is 2. The fourth-order valence-electron chi connectivity index (χ4n) is 4.42. The number of rotatable bonds is 8. The summed E-state index contributed by atoms with van der Waals surface area (Å²) in [6.07, 6.45) is 0. The van der Waals surface area contributed by atoms with Crippen molar-refractivity contribution < 1.29 is 14.3 Å². The molecule has 186 valence electrons. The number of nitrogens with zero attached hydrogens (tertiary/aromatic N) is 4. The predicted molar refractivity (Wildman–Crippen MR) is 138 cm³/mol. The molecule has 0 radical (unpaired) electrons. The highest BCUT2D eigenvalue weighted by atomic mass is 16.5. The Labute approximate surface area is 206 Å². The van der Waals surface area contributed by atoms with E-state index >= 15 is 0 Å². The van der Waals surface area contributed by atoms with Gasteiger partial charge >= 0.3 is 0 Å². The molecule has 35 heavy (non-hydrogen) atoms. The molecule has 1 fully saturated rings. The van der Waals surface area contributed by atoms with E-state index in [1.54, 1.807) is 18.2 Å². The first-order chi connectivity index (χ1) is 16.9. The maximum absolute atomic E-state index is 13.4. The lowest BCUT2D eigenvalue weighted by Crippen LogP contribution is -2.50. The van der Waals surface area contributed by atoms with Gasteiger partial charge in [0.25, 0.3) is 11.5 Å². The maximum atomic E-state index is 13.4. The highest BCUT2D eigenvalue weighted by Crippen LogP contribution is 2.29. The first-order valence-corrected chi connectivity index (χ1v) is 12.4. The van der Waals surface area contributed by atoms with E-state index in [4.69, 9.17) is 14.5 Å². The molecule has 1 aliphatic rings. The van der Waals surface area contributed by atoms with Crippen LogP contribution in [0, 0.1) is 5.92 Å². The number of hydrogen-bond acceptors (Lipinski definition) is 6. The van der Waals surface area contributed by atoms with Crippen LogP contribution in [0.4, 0.5) is 5.82 Å². The van der Waals surface area contributed by atoms with Gasteiger partial charge in [-0.15, -0.1) is 0 Å². The Balaban J connectivity index is 1.53.